The molecule has 1 unspecified atom stereocenters. The minimum atomic E-state index is -1.70. The Morgan fingerprint density at radius 2 is 1.38 bits per heavy atom. The van der Waals surface area contributed by atoms with Crippen molar-refractivity contribution in [2.24, 2.45) is 0 Å². The Balaban J connectivity index is 2.96. The number of rotatable bonds is 1. The summed E-state index contributed by atoms with van der Waals surface area (Å²) in [4.78, 5) is 38.5. The van der Waals surface area contributed by atoms with E-state index in [1.165, 1.54) is 11.8 Å². The Hall–Kier alpha value is -1.99. The number of hydrogen-bond donors (Lipinski definition) is 0. The lowest BCUT2D eigenvalue weighted by molar-refractivity contribution is -0.319. The summed E-state index contributed by atoms with van der Waals surface area (Å²) >= 11 is 0. The van der Waals surface area contributed by atoms with Gasteiger partial charge in [0, 0.05) is 13.1 Å². The largest absolute Gasteiger partial charge is 0.548 e. The zero-order chi connectivity index (χ0) is 18.9. The molecule has 0 saturated carbocycles. The highest BCUT2D eigenvalue weighted by Crippen LogP contribution is 2.25. The second kappa shape index (κ2) is 6.49. The number of amides is 2. The van der Waals surface area contributed by atoms with E-state index in [9.17, 15) is 19.5 Å². The smallest absolute Gasteiger partial charge is 0.411 e. The first kappa shape index (κ1) is 20.1. The molecule has 0 N–H and O–H groups in total. The van der Waals surface area contributed by atoms with Crippen LogP contribution in [0.3, 0.4) is 0 Å². The van der Waals surface area contributed by atoms with E-state index in [0.717, 1.165) is 4.90 Å². The summed E-state index contributed by atoms with van der Waals surface area (Å²) in [5.41, 5.74) is -3.15. The van der Waals surface area contributed by atoms with E-state index in [1.54, 1.807) is 41.5 Å². The molecule has 2 amide bonds. The monoisotopic (exact) mass is 343 g/mol. The molecule has 0 aromatic carbocycles. The molecule has 0 aromatic heterocycles. The van der Waals surface area contributed by atoms with E-state index in [0.29, 0.717) is 0 Å². The van der Waals surface area contributed by atoms with Gasteiger partial charge >= 0.3 is 12.2 Å². The van der Waals surface area contributed by atoms with Crippen molar-refractivity contribution in [3.8, 4) is 0 Å². The Morgan fingerprint density at radius 1 is 0.917 bits per heavy atom. The molecule has 1 saturated heterocycles. The molecular weight excluding hydrogens is 316 g/mol. The second-order valence-electron chi connectivity index (χ2n) is 8.10. The number of carbonyl (C=O) groups is 3. The third kappa shape index (κ3) is 5.01. The first-order valence-electron chi connectivity index (χ1n) is 7.86. The van der Waals surface area contributed by atoms with Gasteiger partial charge in [0.25, 0.3) is 0 Å². The molecule has 0 aliphatic carbocycles. The first-order valence-corrected chi connectivity index (χ1v) is 7.86. The van der Waals surface area contributed by atoms with Crippen molar-refractivity contribution >= 4 is 18.2 Å². The zero-order valence-corrected chi connectivity index (χ0v) is 15.5. The predicted molar refractivity (Wildman–Crippen MR) is 84.2 cm³/mol. The molecule has 1 rings (SSSR count). The van der Waals surface area contributed by atoms with Gasteiger partial charge in [0.2, 0.25) is 0 Å². The topological polar surface area (TPSA) is 99.2 Å². The average Bonchev–Trinajstić information content (AvgIpc) is 2.33. The molecule has 8 nitrogen and oxygen atoms in total. The van der Waals surface area contributed by atoms with Gasteiger partial charge in [0.05, 0.1) is 12.5 Å². The van der Waals surface area contributed by atoms with Crippen LogP contribution in [0.4, 0.5) is 9.59 Å². The van der Waals surface area contributed by atoms with Crippen molar-refractivity contribution in [3.05, 3.63) is 0 Å². The van der Waals surface area contributed by atoms with Crippen LogP contribution in [0.1, 0.15) is 48.5 Å². The molecular formula is C16H27N2O6-. The fourth-order valence-corrected chi connectivity index (χ4v) is 2.27. The van der Waals surface area contributed by atoms with Crippen molar-refractivity contribution < 1.29 is 29.0 Å². The fourth-order valence-electron chi connectivity index (χ4n) is 2.27. The summed E-state index contributed by atoms with van der Waals surface area (Å²) in [7, 11) is 0. The quantitative estimate of drug-likeness (QED) is 0.704. The maximum Gasteiger partial charge on any atom is 0.411 e. The Labute approximate surface area is 142 Å². The molecule has 0 spiro atoms. The molecule has 0 aromatic rings. The van der Waals surface area contributed by atoms with Crippen molar-refractivity contribution in [2.75, 3.05) is 19.6 Å². The van der Waals surface area contributed by atoms with E-state index >= 15 is 0 Å². The summed E-state index contributed by atoms with van der Waals surface area (Å²) < 4.78 is 10.5. The number of hydrogen-bond acceptors (Lipinski definition) is 6. The Bertz CT molecular complexity index is 520. The molecule has 24 heavy (non-hydrogen) atoms. The summed E-state index contributed by atoms with van der Waals surface area (Å²) in [6, 6.07) is 0. The highest BCUT2D eigenvalue weighted by Gasteiger charge is 2.45. The Kier molecular flexibility index (Phi) is 5.42. The van der Waals surface area contributed by atoms with Crippen LogP contribution < -0.4 is 5.11 Å². The highest BCUT2D eigenvalue weighted by atomic mass is 16.6. The second-order valence-corrected chi connectivity index (χ2v) is 8.10. The predicted octanol–water partition coefficient (Wildman–Crippen LogP) is 0.983. The van der Waals surface area contributed by atoms with E-state index in [-0.39, 0.29) is 19.6 Å². The van der Waals surface area contributed by atoms with E-state index < -0.39 is 34.9 Å². The van der Waals surface area contributed by atoms with Crippen molar-refractivity contribution in [3.63, 3.8) is 0 Å². The number of carboxylic acid groups (broad SMARTS) is 1. The molecule has 0 radical (unpaired) electrons. The van der Waals surface area contributed by atoms with Gasteiger partial charge in [-0.05, 0) is 48.5 Å². The Morgan fingerprint density at radius 3 is 1.79 bits per heavy atom. The molecule has 1 atom stereocenters. The minimum absolute atomic E-state index is 0.0125. The van der Waals surface area contributed by atoms with Gasteiger partial charge in [-0.1, -0.05) is 0 Å². The van der Waals surface area contributed by atoms with Gasteiger partial charge < -0.3 is 24.3 Å². The van der Waals surface area contributed by atoms with Crippen LogP contribution in [0.2, 0.25) is 0 Å². The van der Waals surface area contributed by atoms with Gasteiger partial charge in [-0.25, -0.2) is 9.59 Å². The molecule has 1 fully saturated rings. The third-order valence-corrected chi connectivity index (χ3v) is 3.39. The SMILES string of the molecule is CC(C)(C)OC(=O)N1CCN(C(=O)OC(C)(C)C)C(C)(C(=O)[O-])C1. The number of nitrogens with zero attached hydrogens (tertiary/aromatic N) is 2. The van der Waals surface area contributed by atoms with Crippen LogP contribution in [0.15, 0.2) is 0 Å². The van der Waals surface area contributed by atoms with Gasteiger partial charge in [-0.3, -0.25) is 4.90 Å². The summed E-state index contributed by atoms with van der Waals surface area (Å²) in [6.07, 6.45) is -1.38. The number of carbonyl (C=O) groups excluding carboxylic acids is 3. The van der Waals surface area contributed by atoms with E-state index in [1.807, 2.05) is 0 Å². The fraction of sp³-hybridized carbons (Fsp3) is 0.812. The standard InChI is InChI=1S/C16H28N2O6/c1-14(2,3)23-12(21)17-8-9-18(13(22)24-15(4,5)6)16(7,10-17)11(19)20/h8-10H2,1-7H3,(H,19,20)/p-1. The molecule has 0 bridgehead atoms. The summed E-state index contributed by atoms with van der Waals surface area (Å²) in [5.74, 6) is -1.46. The molecule has 1 aliphatic rings. The van der Waals surface area contributed by atoms with Crippen molar-refractivity contribution in [1.29, 1.82) is 0 Å². The number of ether oxygens (including phenoxy) is 2. The van der Waals surface area contributed by atoms with Crippen LogP contribution in [-0.4, -0.2) is 64.3 Å². The first-order chi connectivity index (χ1) is 10.7. The van der Waals surface area contributed by atoms with Gasteiger partial charge in [0.1, 0.15) is 16.7 Å². The lowest BCUT2D eigenvalue weighted by Gasteiger charge is -2.48. The normalized spacial score (nSPS) is 22.1. The lowest BCUT2D eigenvalue weighted by atomic mass is 9.97. The minimum Gasteiger partial charge on any atom is -0.548 e. The summed E-state index contributed by atoms with van der Waals surface area (Å²) in [6.45, 7) is 11.5. The van der Waals surface area contributed by atoms with Crippen LogP contribution in [0.5, 0.6) is 0 Å². The van der Waals surface area contributed by atoms with Crippen molar-refractivity contribution in [1.82, 2.24) is 9.80 Å². The molecule has 138 valence electrons. The van der Waals surface area contributed by atoms with Gasteiger partial charge in [-0.15, -0.1) is 0 Å². The molecule has 1 aliphatic heterocycles. The molecule has 8 heteroatoms. The maximum absolute atomic E-state index is 12.3. The summed E-state index contributed by atoms with van der Waals surface area (Å²) in [5, 5.41) is 11.7. The van der Waals surface area contributed by atoms with Crippen LogP contribution in [0.25, 0.3) is 0 Å². The maximum atomic E-state index is 12.3. The van der Waals surface area contributed by atoms with Gasteiger partial charge in [-0.2, -0.15) is 0 Å². The van der Waals surface area contributed by atoms with Crippen LogP contribution in [0, 0.1) is 0 Å². The van der Waals surface area contributed by atoms with E-state index in [2.05, 4.69) is 0 Å². The van der Waals surface area contributed by atoms with Crippen LogP contribution >= 0.6 is 0 Å². The van der Waals surface area contributed by atoms with E-state index in [4.69, 9.17) is 9.47 Å². The molecule has 1 heterocycles. The zero-order valence-electron chi connectivity index (χ0n) is 15.5. The lowest BCUT2D eigenvalue weighted by Crippen LogP contribution is -2.70. The average molecular weight is 343 g/mol. The van der Waals surface area contributed by atoms with Crippen molar-refractivity contribution in [2.45, 2.75) is 65.2 Å². The number of aliphatic carboxylic acids is 1. The van der Waals surface area contributed by atoms with Crippen LogP contribution in [-0.2, 0) is 14.3 Å². The van der Waals surface area contributed by atoms with Gasteiger partial charge in [0.15, 0.2) is 0 Å². The third-order valence-electron chi connectivity index (χ3n) is 3.39. The highest BCUT2D eigenvalue weighted by molar-refractivity contribution is 5.84. The number of piperazine rings is 1. The number of carboxylic acids is 1.